The van der Waals surface area contributed by atoms with Crippen LogP contribution in [0.25, 0.3) is 0 Å². The maximum absolute atomic E-state index is 12.3. The van der Waals surface area contributed by atoms with Gasteiger partial charge in [-0.2, -0.15) is 0 Å². The molecule has 0 aliphatic rings. The molecule has 0 saturated carbocycles. The molecule has 25 heavy (non-hydrogen) atoms. The van der Waals surface area contributed by atoms with Crippen molar-refractivity contribution in [2.24, 2.45) is 0 Å². The number of carbonyl (C=O) groups excluding carboxylic acids is 1. The van der Waals surface area contributed by atoms with E-state index in [9.17, 15) is 4.79 Å². The molecule has 8 heteroatoms. The Labute approximate surface area is 154 Å². The lowest BCUT2D eigenvalue weighted by atomic mass is 10.1. The highest BCUT2D eigenvalue weighted by Gasteiger charge is 2.20. The molecule has 6 nitrogen and oxygen atoms in total. The molecule has 0 aliphatic carbocycles. The number of nitrogens with one attached hydrogen (secondary N) is 1. The van der Waals surface area contributed by atoms with Gasteiger partial charge in [0.25, 0.3) is 0 Å². The zero-order chi connectivity index (χ0) is 17.6. The first-order chi connectivity index (χ1) is 12.2. The van der Waals surface area contributed by atoms with E-state index in [4.69, 9.17) is 0 Å². The standard InChI is InChI=1S/C17H19N5OS2/c1-3-22-14(11-13-7-5-4-6-8-13)20-21-17(22)25-12(2)15(23)19-16-18-9-10-24-16/h4-10,12H,3,11H2,1-2H3,(H,18,19,23)/t12-/m1/s1. The third kappa shape index (κ3) is 4.46. The van der Waals surface area contributed by atoms with E-state index in [1.165, 1.54) is 28.7 Å². The predicted octanol–water partition coefficient (Wildman–Crippen LogP) is 3.46. The topological polar surface area (TPSA) is 72.7 Å². The minimum atomic E-state index is -0.289. The molecule has 0 aliphatic heterocycles. The number of thiazole rings is 1. The van der Waals surface area contributed by atoms with E-state index in [-0.39, 0.29) is 11.2 Å². The second kappa shape index (κ2) is 8.26. The SMILES string of the molecule is CCn1c(Cc2ccccc2)nnc1S[C@H](C)C(=O)Nc1nccs1. The van der Waals surface area contributed by atoms with Crippen LogP contribution < -0.4 is 5.32 Å². The molecular weight excluding hydrogens is 354 g/mol. The highest BCUT2D eigenvalue weighted by Crippen LogP contribution is 2.24. The number of carbonyl (C=O) groups is 1. The minimum Gasteiger partial charge on any atom is -0.306 e. The Bertz CT molecular complexity index is 817. The normalized spacial score (nSPS) is 12.1. The van der Waals surface area contributed by atoms with Crippen molar-refractivity contribution in [1.82, 2.24) is 19.7 Å². The lowest BCUT2D eigenvalue weighted by Crippen LogP contribution is -2.22. The number of thioether (sulfide) groups is 1. The van der Waals surface area contributed by atoms with Gasteiger partial charge in [0, 0.05) is 24.5 Å². The Morgan fingerprint density at radius 3 is 2.80 bits per heavy atom. The molecule has 0 spiro atoms. The molecule has 130 valence electrons. The smallest absolute Gasteiger partial charge is 0.239 e. The van der Waals surface area contributed by atoms with Crippen LogP contribution in [0.15, 0.2) is 47.1 Å². The molecule has 0 unspecified atom stereocenters. The first-order valence-corrected chi connectivity index (χ1v) is 9.76. The fourth-order valence-electron chi connectivity index (χ4n) is 2.34. The van der Waals surface area contributed by atoms with Crippen molar-refractivity contribution in [2.45, 2.75) is 37.2 Å². The number of hydrogen-bond acceptors (Lipinski definition) is 6. The van der Waals surface area contributed by atoms with Crippen LogP contribution >= 0.6 is 23.1 Å². The maximum Gasteiger partial charge on any atom is 0.239 e. The van der Waals surface area contributed by atoms with E-state index in [1.54, 1.807) is 6.20 Å². The van der Waals surface area contributed by atoms with Crippen molar-refractivity contribution < 1.29 is 4.79 Å². The molecule has 1 atom stereocenters. The van der Waals surface area contributed by atoms with Gasteiger partial charge in [-0.25, -0.2) is 4.98 Å². The van der Waals surface area contributed by atoms with E-state index < -0.39 is 0 Å². The number of amides is 1. The number of nitrogens with zero attached hydrogens (tertiary/aromatic N) is 4. The summed E-state index contributed by atoms with van der Waals surface area (Å²) in [5.41, 5.74) is 1.19. The van der Waals surface area contributed by atoms with Crippen molar-refractivity contribution in [3.63, 3.8) is 0 Å². The van der Waals surface area contributed by atoms with Crippen molar-refractivity contribution in [2.75, 3.05) is 5.32 Å². The highest BCUT2D eigenvalue weighted by atomic mass is 32.2. The molecule has 0 bridgehead atoms. The molecule has 3 aromatic rings. The molecule has 2 heterocycles. The Kier molecular flexibility index (Phi) is 5.83. The number of anilines is 1. The third-order valence-electron chi connectivity index (χ3n) is 3.63. The molecule has 3 rings (SSSR count). The molecule has 1 amide bonds. The van der Waals surface area contributed by atoms with Gasteiger partial charge >= 0.3 is 0 Å². The molecular formula is C17H19N5OS2. The molecule has 2 aromatic heterocycles. The van der Waals surface area contributed by atoms with Gasteiger partial charge in [-0.05, 0) is 19.4 Å². The summed E-state index contributed by atoms with van der Waals surface area (Å²) in [6.45, 7) is 4.68. The summed E-state index contributed by atoms with van der Waals surface area (Å²) in [5.74, 6) is 0.818. The fraction of sp³-hybridized carbons (Fsp3) is 0.294. The molecule has 0 saturated heterocycles. The Morgan fingerprint density at radius 1 is 1.32 bits per heavy atom. The van der Waals surface area contributed by atoms with Gasteiger partial charge in [-0.15, -0.1) is 21.5 Å². The van der Waals surface area contributed by atoms with E-state index in [0.29, 0.717) is 5.13 Å². The van der Waals surface area contributed by atoms with Gasteiger partial charge in [0.2, 0.25) is 5.91 Å². The summed E-state index contributed by atoms with van der Waals surface area (Å²) >= 11 is 2.81. The van der Waals surface area contributed by atoms with Crippen LogP contribution in [0.3, 0.4) is 0 Å². The lowest BCUT2D eigenvalue weighted by Gasteiger charge is -2.11. The number of aromatic nitrogens is 4. The van der Waals surface area contributed by atoms with Crippen LogP contribution in [0, 0.1) is 0 Å². The first-order valence-electron chi connectivity index (χ1n) is 8.00. The van der Waals surface area contributed by atoms with E-state index >= 15 is 0 Å². The van der Waals surface area contributed by atoms with Crippen LogP contribution in [0.1, 0.15) is 25.2 Å². The molecule has 1 aromatic carbocycles. The fourth-order valence-corrected chi connectivity index (χ4v) is 3.80. The molecule has 0 radical (unpaired) electrons. The minimum absolute atomic E-state index is 0.0878. The second-order valence-corrected chi connectivity index (χ2v) is 7.59. The maximum atomic E-state index is 12.3. The van der Waals surface area contributed by atoms with Crippen molar-refractivity contribution in [3.8, 4) is 0 Å². The van der Waals surface area contributed by atoms with Crippen LogP contribution in [-0.2, 0) is 17.8 Å². The van der Waals surface area contributed by atoms with E-state index in [0.717, 1.165) is 23.9 Å². The average Bonchev–Trinajstić information content (AvgIpc) is 3.25. The largest absolute Gasteiger partial charge is 0.306 e. The quantitative estimate of drug-likeness (QED) is 0.642. The predicted molar refractivity (Wildman–Crippen MR) is 101 cm³/mol. The summed E-state index contributed by atoms with van der Waals surface area (Å²) in [7, 11) is 0. The summed E-state index contributed by atoms with van der Waals surface area (Å²) in [6.07, 6.45) is 2.39. The summed E-state index contributed by atoms with van der Waals surface area (Å²) < 4.78 is 2.06. The van der Waals surface area contributed by atoms with Crippen molar-refractivity contribution in [1.29, 1.82) is 0 Å². The zero-order valence-electron chi connectivity index (χ0n) is 14.0. The highest BCUT2D eigenvalue weighted by molar-refractivity contribution is 8.00. The van der Waals surface area contributed by atoms with Crippen LogP contribution in [0.2, 0.25) is 0 Å². The molecule has 1 N–H and O–H groups in total. The second-order valence-electron chi connectivity index (χ2n) is 5.39. The number of hydrogen-bond donors (Lipinski definition) is 1. The first kappa shape index (κ1) is 17.6. The van der Waals surface area contributed by atoms with Gasteiger partial charge < -0.3 is 9.88 Å². The van der Waals surface area contributed by atoms with Crippen LogP contribution in [-0.4, -0.2) is 30.9 Å². The van der Waals surface area contributed by atoms with Gasteiger partial charge in [0.15, 0.2) is 10.3 Å². The number of rotatable bonds is 7. The van der Waals surface area contributed by atoms with Gasteiger partial charge in [0.05, 0.1) is 5.25 Å². The summed E-state index contributed by atoms with van der Waals surface area (Å²) in [4.78, 5) is 16.4. The van der Waals surface area contributed by atoms with Gasteiger partial charge in [0.1, 0.15) is 5.82 Å². The van der Waals surface area contributed by atoms with Crippen molar-refractivity contribution in [3.05, 3.63) is 53.3 Å². The van der Waals surface area contributed by atoms with E-state index in [1.807, 2.05) is 30.5 Å². The zero-order valence-corrected chi connectivity index (χ0v) is 15.7. The van der Waals surface area contributed by atoms with Crippen LogP contribution in [0.5, 0.6) is 0 Å². The Morgan fingerprint density at radius 2 is 2.12 bits per heavy atom. The Hall–Kier alpha value is -2.19. The molecule has 0 fully saturated rings. The van der Waals surface area contributed by atoms with Crippen molar-refractivity contribution >= 4 is 34.1 Å². The van der Waals surface area contributed by atoms with Gasteiger partial charge in [-0.1, -0.05) is 42.1 Å². The summed E-state index contributed by atoms with van der Waals surface area (Å²) in [6, 6.07) is 10.2. The van der Waals surface area contributed by atoms with Crippen LogP contribution in [0.4, 0.5) is 5.13 Å². The van der Waals surface area contributed by atoms with E-state index in [2.05, 4.69) is 44.1 Å². The third-order valence-corrected chi connectivity index (χ3v) is 5.40. The van der Waals surface area contributed by atoms with Gasteiger partial charge in [-0.3, -0.25) is 4.79 Å². The average molecular weight is 374 g/mol. The lowest BCUT2D eigenvalue weighted by molar-refractivity contribution is -0.115. The summed E-state index contributed by atoms with van der Waals surface area (Å²) in [5, 5.41) is 14.3. The monoisotopic (exact) mass is 373 g/mol. The Balaban J connectivity index is 1.68. The number of benzene rings is 1.